The summed E-state index contributed by atoms with van der Waals surface area (Å²) in [4.78, 5) is 0. The van der Waals surface area contributed by atoms with Crippen molar-refractivity contribution in [2.75, 3.05) is 6.61 Å². The Balaban J connectivity index is 3.63. The molecule has 0 aliphatic rings. The molecule has 0 aromatic carbocycles. The topological polar surface area (TPSA) is 40.5 Å². The van der Waals surface area contributed by atoms with Gasteiger partial charge in [-0.25, -0.2) is 0 Å². The molecule has 0 bridgehead atoms. The highest BCUT2D eigenvalue weighted by Crippen LogP contribution is 2.07. The van der Waals surface area contributed by atoms with E-state index in [-0.39, 0.29) is 12.5 Å². The zero-order chi connectivity index (χ0) is 7.28. The Morgan fingerprint density at radius 3 is 2.33 bits per heavy atom. The van der Waals surface area contributed by atoms with Gasteiger partial charge in [-0.2, -0.15) is 0 Å². The van der Waals surface area contributed by atoms with Crippen molar-refractivity contribution < 1.29 is 10.2 Å². The van der Waals surface area contributed by atoms with E-state index in [1.54, 1.807) is 0 Å². The highest BCUT2D eigenvalue weighted by molar-refractivity contribution is 4.83. The molecule has 0 spiro atoms. The molecule has 9 heavy (non-hydrogen) atoms. The Labute approximate surface area is 55.8 Å². The maximum Gasteiger partial charge on any atom is 0.0768 e. The standard InChI is InChI=1S/C7H14O2/c1-3-6(5-8)7(9)4-2/h4,6-9H,2-3,5H2,1H3. The maximum atomic E-state index is 9.04. The van der Waals surface area contributed by atoms with Crippen LogP contribution in [0, 0.1) is 5.92 Å². The minimum absolute atomic E-state index is 0.0314. The highest BCUT2D eigenvalue weighted by atomic mass is 16.3. The van der Waals surface area contributed by atoms with Gasteiger partial charge < -0.3 is 10.2 Å². The van der Waals surface area contributed by atoms with Crippen LogP contribution in [0.2, 0.25) is 0 Å². The second-order valence-corrected chi connectivity index (χ2v) is 2.08. The van der Waals surface area contributed by atoms with Gasteiger partial charge in [-0.05, 0) is 6.42 Å². The molecule has 0 amide bonds. The van der Waals surface area contributed by atoms with Crippen molar-refractivity contribution in [2.24, 2.45) is 5.92 Å². The second-order valence-electron chi connectivity index (χ2n) is 2.08. The summed E-state index contributed by atoms with van der Waals surface area (Å²) in [5.41, 5.74) is 0. The Kier molecular flexibility index (Phi) is 4.36. The first-order valence-corrected chi connectivity index (χ1v) is 3.17. The Bertz CT molecular complexity index is 77.0. The molecule has 0 aliphatic heterocycles. The van der Waals surface area contributed by atoms with Gasteiger partial charge >= 0.3 is 0 Å². The molecule has 0 aromatic rings. The van der Waals surface area contributed by atoms with Crippen LogP contribution in [0.3, 0.4) is 0 Å². The zero-order valence-corrected chi connectivity index (χ0v) is 5.75. The summed E-state index contributed by atoms with van der Waals surface area (Å²) in [6.07, 6.45) is 1.67. The fourth-order valence-electron chi connectivity index (χ4n) is 0.671. The van der Waals surface area contributed by atoms with Gasteiger partial charge in [0.15, 0.2) is 0 Å². The molecule has 54 valence electrons. The molecule has 0 saturated carbocycles. The molecule has 2 N–H and O–H groups in total. The molecule has 2 atom stereocenters. The fourth-order valence-corrected chi connectivity index (χ4v) is 0.671. The molecule has 2 nitrogen and oxygen atoms in total. The fraction of sp³-hybridized carbons (Fsp3) is 0.714. The van der Waals surface area contributed by atoms with Gasteiger partial charge in [0, 0.05) is 12.5 Å². The summed E-state index contributed by atoms with van der Waals surface area (Å²) in [6, 6.07) is 0. The minimum Gasteiger partial charge on any atom is -0.396 e. The number of hydrogen-bond acceptors (Lipinski definition) is 2. The van der Waals surface area contributed by atoms with Gasteiger partial charge in [-0.1, -0.05) is 13.0 Å². The lowest BCUT2D eigenvalue weighted by molar-refractivity contribution is 0.0984. The zero-order valence-electron chi connectivity index (χ0n) is 5.75. The molecule has 0 radical (unpaired) electrons. The van der Waals surface area contributed by atoms with Crippen LogP contribution in [0.4, 0.5) is 0 Å². The van der Waals surface area contributed by atoms with Crippen LogP contribution in [-0.2, 0) is 0 Å². The van der Waals surface area contributed by atoms with Crippen LogP contribution in [0.5, 0.6) is 0 Å². The minimum atomic E-state index is -0.556. The van der Waals surface area contributed by atoms with Crippen molar-refractivity contribution in [3.05, 3.63) is 12.7 Å². The summed E-state index contributed by atoms with van der Waals surface area (Å²) in [5.74, 6) is -0.0394. The van der Waals surface area contributed by atoms with Gasteiger partial charge in [0.2, 0.25) is 0 Å². The first-order valence-electron chi connectivity index (χ1n) is 3.17. The van der Waals surface area contributed by atoms with E-state index in [4.69, 9.17) is 10.2 Å². The highest BCUT2D eigenvalue weighted by Gasteiger charge is 2.11. The summed E-state index contributed by atoms with van der Waals surface area (Å²) in [5, 5.41) is 17.7. The van der Waals surface area contributed by atoms with Gasteiger partial charge in [0.25, 0.3) is 0 Å². The van der Waals surface area contributed by atoms with E-state index in [1.165, 1.54) is 6.08 Å². The van der Waals surface area contributed by atoms with E-state index in [0.717, 1.165) is 6.42 Å². The average Bonchev–Trinajstić information content (AvgIpc) is 1.90. The third-order valence-electron chi connectivity index (χ3n) is 1.48. The second kappa shape index (κ2) is 4.53. The molecule has 0 aliphatic carbocycles. The normalized spacial score (nSPS) is 16.8. The predicted molar refractivity (Wildman–Crippen MR) is 37.1 cm³/mol. The molecule has 2 unspecified atom stereocenters. The van der Waals surface area contributed by atoms with Gasteiger partial charge in [0.05, 0.1) is 6.10 Å². The predicted octanol–water partition coefficient (Wildman–Crippen LogP) is 0.552. The SMILES string of the molecule is C=CC(O)C(CC)CO. The summed E-state index contributed by atoms with van der Waals surface area (Å²) < 4.78 is 0. The van der Waals surface area contributed by atoms with E-state index in [1.807, 2.05) is 6.92 Å². The monoisotopic (exact) mass is 130 g/mol. The summed E-state index contributed by atoms with van der Waals surface area (Å²) in [6.45, 7) is 5.37. The smallest absolute Gasteiger partial charge is 0.0768 e. The third kappa shape index (κ3) is 2.63. The van der Waals surface area contributed by atoms with Crippen LogP contribution in [-0.4, -0.2) is 22.9 Å². The van der Waals surface area contributed by atoms with Crippen molar-refractivity contribution in [1.29, 1.82) is 0 Å². The molecular weight excluding hydrogens is 116 g/mol. The van der Waals surface area contributed by atoms with Crippen molar-refractivity contribution in [2.45, 2.75) is 19.4 Å². The first-order chi connectivity index (χ1) is 4.26. The summed E-state index contributed by atoms with van der Waals surface area (Å²) >= 11 is 0. The molecule has 2 heteroatoms. The van der Waals surface area contributed by atoms with Crippen LogP contribution in [0.15, 0.2) is 12.7 Å². The molecule has 0 heterocycles. The maximum absolute atomic E-state index is 9.04. The van der Waals surface area contributed by atoms with E-state index in [9.17, 15) is 0 Å². The van der Waals surface area contributed by atoms with E-state index in [0.29, 0.717) is 0 Å². The van der Waals surface area contributed by atoms with E-state index < -0.39 is 6.10 Å². The molecule has 0 fully saturated rings. The van der Waals surface area contributed by atoms with Crippen molar-refractivity contribution in [3.63, 3.8) is 0 Å². The molecular formula is C7H14O2. The first kappa shape index (κ1) is 8.66. The van der Waals surface area contributed by atoms with E-state index in [2.05, 4.69) is 6.58 Å². The largest absolute Gasteiger partial charge is 0.396 e. The van der Waals surface area contributed by atoms with Crippen LogP contribution >= 0.6 is 0 Å². The van der Waals surface area contributed by atoms with E-state index >= 15 is 0 Å². The Morgan fingerprint density at radius 2 is 2.22 bits per heavy atom. The Morgan fingerprint density at radius 1 is 1.67 bits per heavy atom. The molecule has 0 aromatic heterocycles. The number of hydrogen-bond donors (Lipinski definition) is 2. The van der Waals surface area contributed by atoms with Crippen LogP contribution in [0.1, 0.15) is 13.3 Å². The number of aliphatic hydroxyl groups is 2. The van der Waals surface area contributed by atoms with Gasteiger partial charge in [0.1, 0.15) is 0 Å². The van der Waals surface area contributed by atoms with Crippen LogP contribution in [0.25, 0.3) is 0 Å². The van der Waals surface area contributed by atoms with Gasteiger partial charge in [-0.15, -0.1) is 6.58 Å². The number of rotatable bonds is 4. The van der Waals surface area contributed by atoms with Crippen LogP contribution < -0.4 is 0 Å². The Hall–Kier alpha value is -0.340. The van der Waals surface area contributed by atoms with Crippen molar-refractivity contribution in [1.82, 2.24) is 0 Å². The van der Waals surface area contributed by atoms with Crippen molar-refractivity contribution >= 4 is 0 Å². The summed E-state index contributed by atoms with van der Waals surface area (Å²) in [7, 11) is 0. The van der Waals surface area contributed by atoms with Crippen molar-refractivity contribution in [3.8, 4) is 0 Å². The lowest BCUT2D eigenvalue weighted by Gasteiger charge is -2.14. The quantitative estimate of drug-likeness (QED) is 0.546. The average molecular weight is 130 g/mol. The lowest BCUT2D eigenvalue weighted by Crippen LogP contribution is -2.20. The molecule has 0 rings (SSSR count). The number of aliphatic hydroxyl groups excluding tert-OH is 2. The molecule has 0 saturated heterocycles. The lowest BCUT2D eigenvalue weighted by atomic mass is 10.0. The van der Waals surface area contributed by atoms with Gasteiger partial charge in [-0.3, -0.25) is 0 Å². The third-order valence-corrected chi connectivity index (χ3v) is 1.48.